The lowest BCUT2D eigenvalue weighted by Gasteiger charge is -2.09. The van der Waals surface area contributed by atoms with Crippen LogP contribution in [-0.2, 0) is 0 Å². The molecular weight excluding hydrogens is 206 g/mol. The maximum absolute atomic E-state index is 5.53. The summed E-state index contributed by atoms with van der Waals surface area (Å²) in [6.45, 7) is 0.232. The van der Waals surface area contributed by atoms with E-state index in [2.05, 4.69) is 20.6 Å². The molecule has 0 aliphatic rings. The summed E-state index contributed by atoms with van der Waals surface area (Å²) in [7, 11) is 3.44. The molecule has 16 heavy (non-hydrogen) atoms. The van der Waals surface area contributed by atoms with E-state index in [9.17, 15) is 0 Å². The van der Waals surface area contributed by atoms with Crippen molar-refractivity contribution in [2.24, 2.45) is 21.2 Å². The molecule has 0 aliphatic carbocycles. The predicted octanol–water partition coefficient (Wildman–Crippen LogP) is 1.46. The van der Waals surface area contributed by atoms with Gasteiger partial charge in [-0.1, -0.05) is 17.4 Å². The van der Waals surface area contributed by atoms with Crippen LogP contribution in [0.25, 0.3) is 0 Å². The molecule has 0 radical (unpaired) electrons. The number of ether oxygens (including phenoxy) is 1. The van der Waals surface area contributed by atoms with Crippen LogP contribution in [-0.4, -0.2) is 26.5 Å². The molecule has 3 N–H and O–H groups in total. The fourth-order valence-electron chi connectivity index (χ4n) is 1.15. The smallest absolute Gasteiger partial charge is 0.185 e. The Kier molecular flexibility index (Phi) is 4.78. The minimum atomic E-state index is 0.232. The van der Waals surface area contributed by atoms with Crippen molar-refractivity contribution in [2.75, 3.05) is 26.0 Å². The third-order valence-electron chi connectivity index (χ3n) is 1.94. The number of hydrogen-bond donors (Lipinski definition) is 2. The molecule has 0 fully saturated rings. The maximum atomic E-state index is 5.53. The van der Waals surface area contributed by atoms with Gasteiger partial charge in [0.15, 0.2) is 5.84 Å². The summed E-state index contributed by atoms with van der Waals surface area (Å²) in [6.07, 6.45) is 0. The molecule has 6 heteroatoms. The molecule has 1 aromatic carbocycles. The predicted molar refractivity (Wildman–Crippen MR) is 63.9 cm³/mol. The summed E-state index contributed by atoms with van der Waals surface area (Å²) in [6, 6.07) is 7.59. The highest BCUT2D eigenvalue weighted by Crippen LogP contribution is 2.22. The fourth-order valence-corrected chi connectivity index (χ4v) is 1.15. The lowest BCUT2D eigenvalue weighted by Crippen LogP contribution is -2.10. The van der Waals surface area contributed by atoms with Crippen molar-refractivity contribution in [2.45, 2.75) is 0 Å². The molecule has 0 aromatic heterocycles. The molecule has 0 spiro atoms. The van der Waals surface area contributed by atoms with Crippen molar-refractivity contribution in [3.8, 4) is 5.75 Å². The van der Waals surface area contributed by atoms with E-state index in [1.54, 1.807) is 7.05 Å². The monoisotopic (exact) mass is 221 g/mol. The quantitative estimate of drug-likeness (QED) is 0.265. The molecule has 0 aliphatic heterocycles. The van der Waals surface area contributed by atoms with E-state index < -0.39 is 0 Å². The van der Waals surface area contributed by atoms with Gasteiger partial charge in [-0.05, 0) is 12.1 Å². The number of nitrogens with zero attached hydrogens (tertiary/aromatic N) is 3. The molecule has 0 saturated heterocycles. The maximum Gasteiger partial charge on any atom is 0.185 e. The second-order valence-corrected chi connectivity index (χ2v) is 2.89. The normalized spacial score (nSPS) is 11.8. The van der Waals surface area contributed by atoms with Gasteiger partial charge in [0.25, 0.3) is 0 Å². The molecule has 0 bridgehead atoms. The second kappa shape index (κ2) is 6.39. The van der Waals surface area contributed by atoms with Crippen molar-refractivity contribution in [1.82, 2.24) is 0 Å². The van der Waals surface area contributed by atoms with Crippen LogP contribution >= 0.6 is 0 Å². The summed E-state index contributed by atoms with van der Waals surface area (Å²) < 4.78 is 5.53. The van der Waals surface area contributed by atoms with Gasteiger partial charge in [0.2, 0.25) is 0 Å². The van der Waals surface area contributed by atoms with Gasteiger partial charge in [-0.15, -0.1) is 5.11 Å². The summed E-state index contributed by atoms with van der Waals surface area (Å²) >= 11 is 0. The minimum absolute atomic E-state index is 0.232. The molecule has 1 aromatic rings. The fraction of sp³-hybridized carbons (Fsp3) is 0.300. The molecule has 0 unspecified atom stereocenters. The van der Waals surface area contributed by atoms with E-state index in [1.807, 2.05) is 31.3 Å². The van der Waals surface area contributed by atoms with Gasteiger partial charge in [0, 0.05) is 14.1 Å². The van der Waals surface area contributed by atoms with E-state index in [1.165, 1.54) is 0 Å². The summed E-state index contributed by atoms with van der Waals surface area (Å²) in [5.74, 6) is 6.11. The van der Waals surface area contributed by atoms with Crippen molar-refractivity contribution in [3.63, 3.8) is 0 Å². The highest BCUT2D eigenvalue weighted by molar-refractivity contribution is 5.84. The van der Waals surface area contributed by atoms with Crippen LogP contribution in [0.4, 0.5) is 5.69 Å². The zero-order valence-corrected chi connectivity index (χ0v) is 9.34. The Labute approximate surface area is 94.2 Å². The summed E-state index contributed by atoms with van der Waals surface area (Å²) in [5, 5.41) is 9.81. The number of para-hydroxylation sites is 2. The third-order valence-corrected chi connectivity index (χ3v) is 1.94. The SMILES string of the molecule is CN=C(COc1ccccc1NC)N=NN. The first-order valence-electron chi connectivity index (χ1n) is 4.78. The number of nitrogens with one attached hydrogen (secondary N) is 1. The van der Waals surface area contributed by atoms with Crippen LogP contribution in [0.1, 0.15) is 0 Å². The second-order valence-electron chi connectivity index (χ2n) is 2.89. The van der Waals surface area contributed by atoms with Crippen LogP contribution in [0.5, 0.6) is 5.75 Å². The molecule has 1 rings (SSSR count). The average Bonchev–Trinajstić information content (AvgIpc) is 2.34. The van der Waals surface area contributed by atoms with Crippen LogP contribution in [0, 0.1) is 0 Å². The summed E-state index contributed by atoms with van der Waals surface area (Å²) in [5.41, 5.74) is 0.905. The number of benzene rings is 1. The highest BCUT2D eigenvalue weighted by atomic mass is 16.5. The Hall–Kier alpha value is -2.11. The Morgan fingerprint density at radius 3 is 2.81 bits per heavy atom. The van der Waals surface area contributed by atoms with Crippen LogP contribution in [0.2, 0.25) is 0 Å². The zero-order valence-electron chi connectivity index (χ0n) is 9.34. The third kappa shape index (κ3) is 3.23. The van der Waals surface area contributed by atoms with Gasteiger partial charge in [-0.3, -0.25) is 4.99 Å². The van der Waals surface area contributed by atoms with Crippen molar-refractivity contribution in [1.29, 1.82) is 0 Å². The Morgan fingerprint density at radius 1 is 1.44 bits per heavy atom. The Balaban J connectivity index is 2.67. The van der Waals surface area contributed by atoms with E-state index >= 15 is 0 Å². The summed E-state index contributed by atoms with van der Waals surface area (Å²) in [4.78, 5) is 3.88. The standard InChI is InChI=1S/C10H15N5O/c1-12-8-5-3-4-6-9(8)16-7-10(13-2)14-15-11/h3-6,12H,7H2,1-2H3,(H2,11,13,14). The molecule has 0 heterocycles. The van der Waals surface area contributed by atoms with Crippen LogP contribution < -0.4 is 15.9 Å². The van der Waals surface area contributed by atoms with Crippen molar-refractivity contribution < 1.29 is 4.74 Å². The van der Waals surface area contributed by atoms with E-state index in [0.717, 1.165) is 11.4 Å². The number of nitrogens with two attached hydrogens (primary N) is 1. The van der Waals surface area contributed by atoms with Crippen LogP contribution in [0.15, 0.2) is 39.6 Å². The van der Waals surface area contributed by atoms with Crippen molar-refractivity contribution in [3.05, 3.63) is 24.3 Å². The largest absolute Gasteiger partial charge is 0.483 e. The highest BCUT2D eigenvalue weighted by Gasteiger charge is 2.02. The Bertz CT molecular complexity index is 389. The molecule has 6 nitrogen and oxygen atoms in total. The first kappa shape index (κ1) is 12.0. The van der Waals surface area contributed by atoms with Gasteiger partial charge in [0.1, 0.15) is 12.4 Å². The number of aliphatic imine (C=N–C) groups is 1. The average molecular weight is 221 g/mol. The van der Waals surface area contributed by atoms with Gasteiger partial charge in [-0.2, -0.15) is 0 Å². The van der Waals surface area contributed by atoms with Crippen molar-refractivity contribution >= 4 is 11.5 Å². The van der Waals surface area contributed by atoms with E-state index in [-0.39, 0.29) is 6.61 Å². The topological polar surface area (TPSA) is 84.4 Å². The number of amidine groups is 1. The lowest BCUT2D eigenvalue weighted by atomic mass is 10.3. The molecule has 0 atom stereocenters. The Morgan fingerprint density at radius 2 is 2.19 bits per heavy atom. The van der Waals surface area contributed by atoms with Gasteiger partial charge >= 0.3 is 0 Å². The number of hydrogen-bond acceptors (Lipinski definition) is 4. The lowest BCUT2D eigenvalue weighted by molar-refractivity contribution is 0.376. The first-order valence-corrected chi connectivity index (χ1v) is 4.78. The first-order chi connectivity index (χ1) is 7.81. The van der Waals surface area contributed by atoms with E-state index in [0.29, 0.717) is 5.84 Å². The minimum Gasteiger partial charge on any atom is -0.483 e. The van der Waals surface area contributed by atoms with Crippen LogP contribution in [0.3, 0.4) is 0 Å². The van der Waals surface area contributed by atoms with Gasteiger partial charge in [-0.25, -0.2) is 0 Å². The number of anilines is 1. The number of rotatable bonds is 4. The van der Waals surface area contributed by atoms with Gasteiger partial charge < -0.3 is 15.9 Å². The molecule has 0 saturated carbocycles. The van der Waals surface area contributed by atoms with E-state index in [4.69, 9.17) is 10.6 Å². The molecular formula is C10H15N5O. The molecule has 86 valence electrons. The zero-order chi connectivity index (χ0) is 11.8. The molecule has 0 amide bonds. The van der Waals surface area contributed by atoms with Gasteiger partial charge in [0.05, 0.1) is 5.69 Å².